The molecule has 98 valence electrons. The summed E-state index contributed by atoms with van der Waals surface area (Å²) in [5.74, 6) is 1.43. The maximum Gasteiger partial charge on any atom is 0.180 e. The number of rotatable bonds is 2. The van der Waals surface area contributed by atoms with Crippen LogP contribution in [0.1, 0.15) is 37.3 Å². The maximum atomic E-state index is 6.46. The zero-order valence-corrected chi connectivity index (χ0v) is 11.3. The molecule has 1 aliphatic carbocycles. The van der Waals surface area contributed by atoms with Crippen LogP contribution >= 0.6 is 11.6 Å². The number of hydrogen-bond acceptors (Lipinski definition) is 3. The normalized spacial score (nSPS) is 20.4. The second kappa shape index (κ2) is 4.32. The molecule has 0 saturated heterocycles. The quantitative estimate of drug-likeness (QED) is 0.896. The Bertz CT molecular complexity index is 483. The summed E-state index contributed by atoms with van der Waals surface area (Å²) in [7, 11) is 0. The van der Waals surface area contributed by atoms with Crippen LogP contribution in [0.5, 0.6) is 11.5 Å². The number of fused-ring (bicyclic) bond motifs is 1. The van der Waals surface area contributed by atoms with Gasteiger partial charge in [-0.15, -0.1) is 0 Å². The molecule has 1 aromatic rings. The molecule has 1 fully saturated rings. The molecule has 1 aliphatic heterocycles. The minimum absolute atomic E-state index is 0.217. The Morgan fingerprint density at radius 1 is 1.33 bits per heavy atom. The van der Waals surface area contributed by atoms with Gasteiger partial charge in [-0.2, -0.15) is 0 Å². The lowest BCUT2D eigenvalue weighted by atomic mass is 9.71. The molecule has 0 amide bonds. The van der Waals surface area contributed by atoms with Gasteiger partial charge in [0.05, 0.1) is 5.02 Å². The Morgan fingerprint density at radius 3 is 2.67 bits per heavy atom. The lowest BCUT2D eigenvalue weighted by Gasteiger charge is -2.40. The van der Waals surface area contributed by atoms with Gasteiger partial charge in [-0.3, -0.25) is 0 Å². The van der Waals surface area contributed by atoms with Gasteiger partial charge < -0.3 is 15.2 Å². The number of hydrogen-bond donors (Lipinski definition) is 1. The smallest absolute Gasteiger partial charge is 0.180 e. The molecule has 0 aromatic heterocycles. The summed E-state index contributed by atoms with van der Waals surface area (Å²) >= 11 is 6.46. The van der Waals surface area contributed by atoms with Crippen molar-refractivity contribution in [2.24, 2.45) is 5.73 Å². The Hall–Kier alpha value is -0.930. The zero-order valence-electron chi connectivity index (χ0n) is 10.6. The molecule has 0 atom stereocenters. The van der Waals surface area contributed by atoms with Crippen LogP contribution in [0.2, 0.25) is 5.02 Å². The fourth-order valence-electron chi connectivity index (χ4n) is 2.80. The second-order valence-corrected chi connectivity index (χ2v) is 5.48. The van der Waals surface area contributed by atoms with Crippen molar-refractivity contribution in [3.8, 4) is 11.5 Å². The van der Waals surface area contributed by atoms with E-state index >= 15 is 0 Å². The van der Waals surface area contributed by atoms with Crippen molar-refractivity contribution in [3.63, 3.8) is 0 Å². The van der Waals surface area contributed by atoms with E-state index < -0.39 is 0 Å². The predicted molar refractivity (Wildman–Crippen MR) is 71.5 cm³/mol. The van der Waals surface area contributed by atoms with Crippen LogP contribution in [0.4, 0.5) is 0 Å². The third-order valence-electron chi connectivity index (χ3n) is 4.01. The molecule has 4 heteroatoms. The average molecular weight is 268 g/mol. The van der Waals surface area contributed by atoms with Crippen molar-refractivity contribution in [2.75, 3.05) is 13.2 Å². The molecule has 18 heavy (non-hydrogen) atoms. The molecule has 2 aliphatic rings. The summed E-state index contributed by atoms with van der Waals surface area (Å²) in [5.41, 5.74) is 8.49. The minimum Gasteiger partial charge on any atom is -0.486 e. The van der Waals surface area contributed by atoms with E-state index in [2.05, 4.69) is 6.92 Å². The van der Waals surface area contributed by atoms with E-state index in [0.717, 1.165) is 36.1 Å². The van der Waals surface area contributed by atoms with Crippen LogP contribution < -0.4 is 15.2 Å². The van der Waals surface area contributed by atoms with Crippen molar-refractivity contribution in [2.45, 2.75) is 38.1 Å². The van der Waals surface area contributed by atoms with Crippen LogP contribution in [-0.4, -0.2) is 13.2 Å². The first-order valence-corrected chi connectivity index (χ1v) is 6.94. The second-order valence-electron chi connectivity index (χ2n) is 5.10. The first-order valence-electron chi connectivity index (χ1n) is 6.56. The number of nitrogens with two attached hydrogens (primary N) is 1. The van der Waals surface area contributed by atoms with E-state index in [4.69, 9.17) is 26.8 Å². The summed E-state index contributed by atoms with van der Waals surface area (Å²) in [5, 5.41) is 0.682. The van der Waals surface area contributed by atoms with Gasteiger partial charge in [-0.1, -0.05) is 18.5 Å². The van der Waals surface area contributed by atoms with E-state index in [1.165, 1.54) is 6.42 Å². The molecule has 1 aromatic carbocycles. The van der Waals surface area contributed by atoms with E-state index in [1.54, 1.807) is 0 Å². The molecule has 3 nitrogen and oxygen atoms in total. The fraction of sp³-hybridized carbons (Fsp3) is 0.571. The summed E-state index contributed by atoms with van der Waals surface area (Å²) in [6, 6.07) is 2.04. The molecular weight excluding hydrogens is 250 g/mol. The van der Waals surface area contributed by atoms with Gasteiger partial charge in [0.15, 0.2) is 11.5 Å². The Morgan fingerprint density at radius 2 is 2.06 bits per heavy atom. The summed E-state index contributed by atoms with van der Waals surface area (Å²) in [4.78, 5) is 0. The zero-order chi connectivity index (χ0) is 12.8. The van der Waals surface area contributed by atoms with Gasteiger partial charge in [0.25, 0.3) is 0 Å². The molecule has 0 bridgehead atoms. The molecular formula is C14H18ClNO2. The highest BCUT2D eigenvalue weighted by Crippen LogP contribution is 2.48. The van der Waals surface area contributed by atoms with Crippen molar-refractivity contribution in [3.05, 3.63) is 22.2 Å². The van der Waals surface area contributed by atoms with Crippen molar-refractivity contribution in [1.82, 2.24) is 0 Å². The highest BCUT2D eigenvalue weighted by Gasteiger charge is 2.38. The molecule has 1 heterocycles. The molecule has 1 saturated carbocycles. The van der Waals surface area contributed by atoms with Crippen molar-refractivity contribution < 1.29 is 9.47 Å². The lowest BCUT2D eigenvalue weighted by molar-refractivity contribution is 0.170. The van der Waals surface area contributed by atoms with Gasteiger partial charge in [0.1, 0.15) is 13.2 Å². The Balaban J connectivity index is 2.15. The molecule has 0 radical (unpaired) electrons. The van der Waals surface area contributed by atoms with E-state index in [-0.39, 0.29) is 5.54 Å². The molecule has 2 N–H and O–H groups in total. The summed E-state index contributed by atoms with van der Waals surface area (Å²) in [6.07, 6.45) is 4.10. The van der Waals surface area contributed by atoms with Crippen LogP contribution in [0, 0.1) is 0 Å². The fourth-order valence-corrected chi connectivity index (χ4v) is 3.18. The minimum atomic E-state index is -0.217. The topological polar surface area (TPSA) is 44.5 Å². The first kappa shape index (κ1) is 12.1. The number of ether oxygens (including phenoxy) is 2. The standard InChI is InChI=1S/C14H18ClNO2/c1-2-9-10(14(16)4-3-5-14)8-11-13(12(9)15)18-7-6-17-11/h8H,2-7,16H2,1H3. The SMILES string of the molecule is CCc1c(C2(N)CCC2)cc2c(c1Cl)OCCO2. The first-order chi connectivity index (χ1) is 8.65. The van der Waals surface area contributed by atoms with Gasteiger partial charge in [-0.05, 0) is 42.9 Å². The third kappa shape index (κ3) is 1.69. The van der Waals surface area contributed by atoms with Crippen LogP contribution in [-0.2, 0) is 12.0 Å². The van der Waals surface area contributed by atoms with Crippen molar-refractivity contribution in [1.29, 1.82) is 0 Å². The highest BCUT2D eigenvalue weighted by atomic mass is 35.5. The number of benzene rings is 1. The Labute approximate surface area is 112 Å². The van der Waals surface area contributed by atoms with Gasteiger partial charge >= 0.3 is 0 Å². The largest absolute Gasteiger partial charge is 0.486 e. The maximum absolute atomic E-state index is 6.46. The van der Waals surface area contributed by atoms with Crippen LogP contribution in [0.3, 0.4) is 0 Å². The molecule has 0 unspecified atom stereocenters. The highest BCUT2D eigenvalue weighted by molar-refractivity contribution is 6.33. The predicted octanol–water partition coefficient (Wildman–Crippen LogP) is 3.01. The number of halogens is 1. The van der Waals surface area contributed by atoms with E-state index in [1.807, 2.05) is 6.07 Å². The summed E-state index contributed by atoms with van der Waals surface area (Å²) < 4.78 is 11.3. The van der Waals surface area contributed by atoms with Crippen LogP contribution in [0.25, 0.3) is 0 Å². The van der Waals surface area contributed by atoms with Gasteiger partial charge in [-0.25, -0.2) is 0 Å². The summed E-state index contributed by atoms with van der Waals surface area (Å²) in [6.45, 7) is 3.23. The third-order valence-corrected chi connectivity index (χ3v) is 4.41. The van der Waals surface area contributed by atoms with Gasteiger partial charge in [0.2, 0.25) is 0 Å². The van der Waals surface area contributed by atoms with Gasteiger partial charge in [0, 0.05) is 5.54 Å². The van der Waals surface area contributed by atoms with Crippen molar-refractivity contribution >= 4 is 11.6 Å². The van der Waals surface area contributed by atoms with E-state index in [9.17, 15) is 0 Å². The Kier molecular flexibility index (Phi) is 2.91. The molecule has 0 spiro atoms. The van der Waals surface area contributed by atoms with Crippen LogP contribution in [0.15, 0.2) is 6.07 Å². The average Bonchev–Trinajstić information content (AvgIpc) is 2.36. The molecule has 3 rings (SSSR count). The monoisotopic (exact) mass is 267 g/mol. The lowest BCUT2D eigenvalue weighted by Crippen LogP contribution is -2.44. The van der Waals surface area contributed by atoms with E-state index in [0.29, 0.717) is 24.0 Å².